The van der Waals surface area contributed by atoms with Gasteiger partial charge >= 0.3 is 5.97 Å². The fraction of sp³-hybridized carbons (Fsp3) is 0.500. The van der Waals surface area contributed by atoms with Gasteiger partial charge in [0.05, 0.1) is 0 Å². The van der Waals surface area contributed by atoms with Crippen LogP contribution in [-0.4, -0.2) is 28.6 Å². The van der Waals surface area contributed by atoms with Crippen LogP contribution in [0.4, 0.5) is 0 Å². The smallest absolute Gasteiger partial charge is 0.349 e. The Balaban J connectivity index is 2.70. The fourth-order valence-electron chi connectivity index (χ4n) is 1.26. The van der Waals surface area contributed by atoms with E-state index in [0.29, 0.717) is 0 Å². The first-order valence-corrected chi connectivity index (χ1v) is 6.38. The molecule has 1 aromatic heterocycles. The van der Waals surface area contributed by atoms with Crippen molar-refractivity contribution in [3.63, 3.8) is 0 Å². The summed E-state index contributed by atoms with van der Waals surface area (Å²) in [5.41, 5.74) is -0.348. The maximum atomic E-state index is 11.8. The van der Waals surface area contributed by atoms with E-state index < -0.39 is 12.1 Å². The largest absolute Gasteiger partial charge is 0.479 e. The van der Waals surface area contributed by atoms with Gasteiger partial charge in [-0.15, -0.1) is 11.3 Å². The van der Waals surface area contributed by atoms with Crippen LogP contribution in [0.2, 0.25) is 0 Å². The van der Waals surface area contributed by atoms with E-state index in [1.807, 2.05) is 20.8 Å². The predicted octanol–water partition coefficient (Wildman–Crippen LogP) is 2.13. The highest BCUT2D eigenvalue weighted by molar-refractivity contribution is 7.12. The number of amides is 1. The molecule has 6 heteroatoms. The van der Waals surface area contributed by atoms with Crippen molar-refractivity contribution in [1.29, 1.82) is 0 Å². The Labute approximate surface area is 110 Å². The summed E-state index contributed by atoms with van der Waals surface area (Å²) in [6.45, 7) is 7.19. The molecule has 1 unspecified atom stereocenters. The van der Waals surface area contributed by atoms with E-state index in [4.69, 9.17) is 9.84 Å². The molecule has 0 bridgehead atoms. The van der Waals surface area contributed by atoms with E-state index in [0.717, 1.165) is 11.3 Å². The van der Waals surface area contributed by atoms with Gasteiger partial charge in [0.15, 0.2) is 11.0 Å². The van der Waals surface area contributed by atoms with Crippen LogP contribution in [-0.2, 0) is 4.79 Å². The van der Waals surface area contributed by atoms with E-state index in [1.165, 1.54) is 0 Å². The molecule has 18 heavy (non-hydrogen) atoms. The highest BCUT2D eigenvalue weighted by Gasteiger charge is 2.22. The van der Waals surface area contributed by atoms with Gasteiger partial charge in [0, 0.05) is 5.54 Å². The molecule has 100 valence electrons. The normalized spacial score (nSPS) is 12.9. The summed E-state index contributed by atoms with van der Waals surface area (Å²) in [5, 5.41) is 13.3. The Morgan fingerprint density at radius 2 is 2.06 bits per heavy atom. The Kier molecular flexibility index (Phi) is 4.34. The number of rotatable bonds is 4. The van der Waals surface area contributed by atoms with E-state index in [2.05, 4.69) is 5.32 Å². The standard InChI is InChI=1S/C12H17NO4S/c1-7(10(14)13-12(2,3)4)17-8-5-6-18-9(8)11(15)16/h5-7H,1-4H3,(H,13,14)(H,15,16). The quantitative estimate of drug-likeness (QED) is 0.879. The highest BCUT2D eigenvalue weighted by atomic mass is 32.1. The molecular weight excluding hydrogens is 254 g/mol. The molecule has 1 atom stereocenters. The van der Waals surface area contributed by atoms with Crippen LogP contribution < -0.4 is 10.1 Å². The zero-order valence-corrected chi connectivity index (χ0v) is 11.6. The van der Waals surface area contributed by atoms with Crippen molar-refractivity contribution in [2.75, 3.05) is 0 Å². The van der Waals surface area contributed by atoms with Crippen molar-refractivity contribution < 1.29 is 19.4 Å². The molecule has 0 saturated heterocycles. The van der Waals surface area contributed by atoms with Crippen molar-refractivity contribution in [2.45, 2.75) is 39.3 Å². The predicted molar refractivity (Wildman–Crippen MR) is 69.3 cm³/mol. The van der Waals surface area contributed by atoms with Gasteiger partial charge < -0.3 is 15.2 Å². The molecule has 0 aliphatic heterocycles. The number of aromatic carboxylic acids is 1. The molecule has 0 aliphatic carbocycles. The zero-order valence-electron chi connectivity index (χ0n) is 10.8. The summed E-state index contributed by atoms with van der Waals surface area (Å²) >= 11 is 1.07. The number of carboxylic acids is 1. The topological polar surface area (TPSA) is 75.6 Å². The average molecular weight is 271 g/mol. The van der Waals surface area contributed by atoms with Crippen molar-refractivity contribution in [2.24, 2.45) is 0 Å². The van der Waals surface area contributed by atoms with E-state index in [9.17, 15) is 9.59 Å². The Morgan fingerprint density at radius 3 is 2.56 bits per heavy atom. The van der Waals surface area contributed by atoms with Crippen LogP contribution in [0.5, 0.6) is 5.75 Å². The molecule has 0 saturated carbocycles. The molecule has 5 nitrogen and oxygen atoms in total. The van der Waals surface area contributed by atoms with Gasteiger partial charge in [0.2, 0.25) is 0 Å². The Morgan fingerprint density at radius 1 is 1.44 bits per heavy atom. The maximum absolute atomic E-state index is 11.8. The number of nitrogens with one attached hydrogen (secondary N) is 1. The Bertz CT molecular complexity index is 447. The second kappa shape index (κ2) is 5.39. The van der Waals surface area contributed by atoms with Gasteiger partial charge in [-0.2, -0.15) is 0 Å². The fourth-order valence-corrected chi connectivity index (χ4v) is 1.92. The van der Waals surface area contributed by atoms with Crippen LogP contribution >= 0.6 is 11.3 Å². The minimum atomic E-state index is -1.05. The first-order chi connectivity index (χ1) is 8.20. The van der Waals surface area contributed by atoms with Crippen molar-refractivity contribution in [3.8, 4) is 5.75 Å². The SMILES string of the molecule is CC(Oc1ccsc1C(=O)O)C(=O)NC(C)(C)C. The number of hydrogen-bond acceptors (Lipinski definition) is 4. The average Bonchev–Trinajstić information content (AvgIpc) is 2.62. The number of carboxylic acid groups (broad SMARTS) is 1. The van der Waals surface area contributed by atoms with E-state index in [1.54, 1.807) is 18.4 Å². The number of carbonyl (C=O) groups excluding carboxylic acids is 1. The molecular formula is C12H17NO4S. The van der Waals surface area contributed by atoms with E-state index >= 15 is 0 Å². The first kappa shape index (κ1) is 14.5. The second-order valence-corrected chi connectivity index (χ2v) is 5.83. The lowest BCUT2D eigenvalue weighted by atomic mass is 10.1. The number of thiophene rings is 1. The van der Waals surface area contributed by atoms with Crippen LogP contribution in [0.15, 0.2) is 11.4 Å². The lowest BCUT2D eigenvalue weighted by Crippen LogP contribution is -2.46. The third-order valence-corrected chi connectivity index (χ3v) is 2.88. The van der Waals surface area contributed by atoms with Gasteiger partial charge in [0.1, 0.15) is 5.75 Å². The summed E-state index contributed by atoms with van der Waals surface area (Å²) in [5.74, 6) is -1.10. The summed E-state index contributed by atoms with van der Waals surface area (Å²) in [6, 6.07) is 1.55. The molecule has 0 spiro atoms. The molecule has 0 fully saturated rings. The molecule has 2 N–H and O–H groups in total. The molecule has 1 amide bonds. The summed E-state index contributed by atoms with van der Waals surface area (Å²) in [6.07, 6.45) is -0.739. The minimum Gasteiger partial charge on any atom is -0.479 e. The van der Waals surface area contributed by atoms with E-state index in [-0.39, 0.29) is 22.1 Å². The van der Waals surface area contributed by atoms with Crippen LogP contribution in [0.3, 0.4) is 0 Å². The van der Waals surface area contributed by atoms with Crippen LogP contribution in [0, 0.1) is 0 Å². The minimum absolute atomic E-state index is 0.102. The maximum Gasteiger partial charge on any atom is 0.349 e. The van der Waals surface area contributed by atoms with Gasteiger partial charge in [-0.05, 0) is 39.1 Å². The number of hydrogen-bond donors (Lipinski definition) is 2. The lowest BCUT2D eigenvalue weighted by Gasteiger charge is -2.23. The number of carbonyl (C=O) groups is 2. The number of ether oxygens (including phenoxy) is 1. The first-order valence-electron chi connectivity index (χ1n) is 5.50. The third-order valence-electron chi connectivity index (χ3n) is 1.99. The van der Waals surface area contributed by atoms with Gasteiger partial charge in [-0.3, -0.25) is 4.79 Å². The van der Waals surface area contributed by atoms with Crippen molar-refractivity contribution >= 4 is 23.2 Å². The van der Waals surface area contributed by atoms with Crippen molar-refractivity contribution in [3.05, 3.63) is 16.3 Å². The van der Waals surface area contributed by atoms with Crippen LogP contribution in [0.1, 0.15) is 37.4 Å². The lowest BCUT2D eigenvalue weighted by molar-refractivity contribution is -0.128. The molecule has 0 aromatic carbocycles. The second-order valence-electron chi connectivity index (χ2n) is 4.92. The summed E-state index contributed by atoms with van der Waals surface area (Å²) in [4.78, 5) is 22.8. The monoisotopic (exact) mass is 271 g/mol. The third kappa shape index (κ3) is 4.03. The Hall–Kier alpha value is -1.56. The van der Waals surface area contributed by atoms with Gasteiger partial charge in [0.25, 0.3) is 5.91 Å². The summed E-state index contributed by atoms with van der Waals surface area (Å²) in [7, 11) is 0. The van der Waals surface area contributed by atoms with Gasteiger partial charge in [-0.25, -0.2) is 4.79 Å². The van der Waals surface area contributed by atoms with Gasteiger partial charge in [-0.1, -0.05) is 0 Å². The molecule has 1 aromatic rings. The summed E-state index contributed by atoms with van der Waals surface area (Å²) < 4.78 is 5.37. The molecule has 0 aliphatic rings. The zero-order chi connectivity index (χ0) is 13.9. The highest BCUT2D eigenvalue weighted by Crippen LogP contribution is 2.25. The molecule has 1 rings (SSSR count). The van der Waals surface area contributed by atoms with Crippen LogP contribution in [0.25, 0.3) is 0 Å². The molecule has 1 heterocycles. The molecule has 0 radical (unpaired) electrons. The van der Waals surface area contributed by atoms with Crippen molar-refractivity contribution in [1.82, 2.24) is 5.32 Å².